The minimum atomic E-state index is -0.368. The van der Waals surface area contributed by atoms with Crippen molar-refractivity contribution >= 4 is 26.8 Å². The number of halogens is 2. The highest BCUT2D eigenvalue weighted by Crippen LogP contribution is 2.31. The van der Waals surface area contributed by atoms with Crippen LogP contribution in [0.5, 0.6) is 11.5 Å². The number of ether oxygens (including phenoxy) is 2. The number of methoxy groups -OCH3 is 2. The summed E-state index contributed by atoms with van der Waals surface area (Å²) in [7, 11) is 3.03. The molecule has 0 bridgehead atoms. The first-order valence-electron chi connectivity index (χ1n) is 9.43. The lowest BCUT2D eigenvalue weighted by Gasteiger charge is -2.17. The highest BCUT2D eigenvalue weighted by atomic mass is 79.9. The highest BCUT2D eigenvalue weighted by molar-refractivity contribution is 9.10. The van der Waals surface area contributed by atoms with Gasteiger partial charge in [0.1, 0.15) is 5.82 Å². The van der Waals surface area contributed by atoms with Crippen LogP contribution in [0.3, 0.4) is 0 Å². The van der Waals surface area contributed by atoms with E-state index in [0.29, 0.717) is 40.3 Å². The quantitative estimate of drug-likeness (QED) is 0.429. The van der Waals surface area contributed by atoms with Gasteiger partial charge in [0, 0.05) is 16.1 Å². The van der Waals surface area contributed by atoms with E-state index in [2.05, 4.69) is 26.3 Å². The van der Waals surface area contributed by atoms with Crippen molar-refractivity contribution in [2.45, 2.75) is 6.54 Å². The fraction of sp³-hybridized carbons (Fsp3) is 0.130. The molecule has 0 amide bonds. The fourth-order valence-corrected chi connectivity index (χ4v) is 3.49. The van der Waals surface area contributed by atoms with Crippen molar-refractivity contribution in [3.05, 3.63) is 86.9 Å². The summed E-state index contributed by atoms with van der Waals surface area (Å²) in [6.07, 6.45) is 0. The Labute approximate surface area is 186 Å². The van der Waals surface area contributed by atoms with Gasteiger partial charge >= 0.3 is 0 Å². The first-order valence-corrected chi connectivity index (χ1v) is 10.2. The van der Waals surface area contributed by atoms with Crippen molar-refractivity contribution in [2.75, 3.05) is 19.6 Å². The van der Waals surface area contributed by atoms with Crippen molar-refractivity contribution in [1.29, 1.82) is 0 Å². The van der Waals surface area contributed by atoms with Gasteiger partial charge in [-0.1, -0.05) is 28.1 Å². The Kier molecular flexibility index (Phi) is 5.90. The van der Waals surface area contributed by atoms with E-state index in [0.717, 1.165) is 10.0 Å². The Bertz CT molecular complexity index is 1290. The van der Waals surface area contributed by atoms with E-state index < -0.39 is 0 Å². The Balaban J connectivity index is 1.88. The van der Waals surface area contributed by atoms with Gasteiger partial charge in [-0.05, 0) is 48.0 Å². The number of rotatable bonds is 6. The van der Waals surface area contributed by atoms with Crippen LogP contribution in [0.4, 0.5) is 4.39 Å². The van der Waals surface area contributed by atoms with Crippen molar-refractivity contribution in [3.8, 4) is 22.9 Å². The molecule has 0 aliphatic carbocycles. The molecule has 1 heterocycles. The maximum Gasteiger partial charge on any atom is 0.280 e. The zero-order valence-electron chi connectivity index (χ0n) is 16.9. The molecule has 0 saturated carbocycles. The van der Waals surface area contributed by atoms with E-state index in [-0.39, 0.29) is 11.4 Å². The Morgan fingerprint density at radius 1 is 1.00 bits per heavy atom. The summed E-state index contributed by atoms with van der Waals surface area (Å²) in [6.45, 7) is 0.391. The van der Waals surface area contributed by atoms with Gasteiger partial charge in [0.15, 0.2) is 17.3 Å². The van der Waals surface area contributed by atoms with E-state index in [1.807, 2.05) is 24.3 Å². The summed E-state index contributed by atoms with van der Waals surface area (Å²) in [5.41, 5.74) is 4.87. The summed E-state index contributed by atoms with van der Waals surface area (Å²) in [6, 6.07) is 16.8. The molecule has 0 atom stereocenters. The third-order valence-corrected chi connectivity index (χ3v) is 5.36. The number of hydrogen-bond donors (Lipinski definition) is 1. The highest BCUT2D eigenvalue weighted by Gasteiger charge is 2.16. The van der Waals surface area contributed by atoms with Crippen LogP contribution < -0.4 is 20.5 Å². The van der Waals surface area contributed by atoms with Crippen LogP contribution in [0.1, 0.15) is 5.56 Å². The number of nitrogens with one attached hydrogen (secondary N) is 1. The normalized spacial score (nSPS) is 10.8. The van der Waals surface area contributed by atoms with Gasteiger partial charge in [-0.3, -0.25) is 4.79 Å². The van der Waals surface area contributed by atoms with Crippen LogP contribution in [0.2, 0.25) is 0 Å². The number of fused-ring (bicyclic) bond motifs is 1. The molecule has 1 N–H and O–H groups in total. The second-order valence-electron chi connectivity index (χ2n) is 6.77. The second kappa shape index (κ2) is 8.77. The van der Waals surface area contributed by atoms with Crippen LogP contribution in [-0.2, 0) is 6.54 Å². The minimum absolute atomic E-state index is 0.303. The van der Waals surface area contributed by atoms with E-state index >= 15 is 0 Å². The summed E-state index contributed by atoms with van der Waals surface area (Å²) in [5, 5.41) is 0.367. The second-order valence-corrected chi connectivity index (χ2v) is 7.68. The molecule has 8 heteroatoms. The molecule has 0 unspecified atom stereocenters. The van der Waals surface area contributed by atoms with Crippen molar-refractivity contribution in [3.63, 3.8) is 0 Å². The Hall–Kier alpha value is -3.39. The largest absolute Gasteiger partial charge is 0.493 e. The first-order chi connectivity index (χ1) is 15.0. The molecule has 0 fully saturated rings. The molecule has 31 heavy (non-hydrogen) atoms. The molecule has 0 aliphatic heterocycles. The standard InChI is InChI=1S/C23H19BrFN3O3/c1-30-20-11-18-19(12-21(20)31-2)27-22(15-5-9-17(25)10-6-15)28(23(18)29)26-13-14-3-7-16(24)8-4-14/h3-12,26H,13H2,1-2H3. The van der Waals surface area contributed by atoms with Gasteiger partial charge in [0.05, 0.1) is 31.7 Å². The number of benzene rings is 3. The maximum absolute atomic E-state index is 13.5. The van der Waals surface area contributed by atoms with Crippen molar-refractivity contribution in [1.82, 2.24) is 9.66 Å². The molecule has 0 radical (unpaired) electrons. The summed E-state index contributed by atoms with van der Waals surface area (Å²) >= 11 is 3.42. The first kappa shape index (κ1) is 20.9. The average Bonchev–Trinajstić information content (AvgIpc) is 2.79. The Morgan fingerprint density at radius 3 is 2.29 bits per heavy atom. The van der Waals surface area contributed by atoms with Crippen molar-refractivity contribution in [2.24, 2.45) is 0 Å². The lowest BCUT2D eigenvalue weighted by atomic mass is 10.1. The number of hydrogen-bond acceptors (Lipinski definition) is 5. The lowest BCUT2D eigenvalue weighted by molar-refractivity contribution is 0.355. The van der Waals surface area contributed by atoms with E-state index in [1.165, 1.54) is 31.0 Å². The zero-order chi connectivity index (χ0) is 22.0. The molecule has 6 nitrogen and oxygen atoms in total. The van der Waals surface area contributed by atoms with E-state index in [9.17, 15) is 9.18 Å². The van der Waals surface area contributed by atoms with Gasteiger partial charge < -0.3 is 14.9 Å². The maximum atomic E-state index is 13.5. The van der Waals surface area contributed by atoms with Crippen molar-refractivity contribution < 1.29 is 13.9 Å². The fourth-order valence-electron chi connectivity index (χ4n) is 3.22. The molecule has 0 spiro atoms. The monoisotopic (exact) mass is 483 g/mol. The van der Waals surface area contributed by atoms with Gasteiger partial charge in [-0.2, -0.15) is 0 Å². The van der Waals surface area contributed by atoms with E-state index in [4.69, 9.17) is 9.47 Å². The predicted octanol–water partition coefficient (Wildman–Crippen LogP) is 4.73. The van der Waals surface area contributed by atoms with Crippen LogP contribution in [0, 0.1) is 5.82 Å². The van der Waals surface area contributed by atoms with E-state index in [1.54, 1.807) is 24.3 Å². The molecular weight excluding hydrogens is 465 g/mol. The molecule has 3 aromatic carbocycles. The topological polar surface area (TPSA) is 65.4 Å². The van der Waals surface area contributed by atoms with Crippen LogP contribution in [0.25, 0.3) is 22.3 Å². The molecule has 4 rings (SSSR count). The van der Waals surface area contributed by atoms with Crippen LogP contribution in [-0.4, -0.2) is 23.9 Å². The summed E-state index contributed by atoms with van der Waals surface area (Å²) < 4.78 is 26.5. The number of nitrogens with zero attached hydrogens (tertiary/aromatic N) is 2. The van der Waals surface area contributed by atoms with Gasteiger partial charge in [0.25, 0.3) is 5.56 Å². The third-order valence-electron chi connectivity index (χ3n) is 4.83. The molecule has 4 aromatic rings. The van der Waals surface area contributed by atoms with Gasteiger partial charge in [0.2, 0.25) is 0 Å². The third kappa shape index (κ3) is 4.25. The van der Waals surface area contributed by atoms with Crippen LogP contribution >= 0.6 is 15.9 Å². The molecule has 0 aliphatic rings. The SMILES string of the molecule is COc1cc2nc(-c3ccc(F)cc3)n(NCc3ccc(Br)cc3)c(=O)c2cc1OC. The van der Waals surface area contributed by atoms with Gasteiger partial charge in [-0.25, -0.2) is 14.1 Å². The molecule has 0 saturated heterocycles. The zero-order valence-corrected chi connectivity index (χ0v) is 18.4. The summed E-state index contributed by atoms with van der Waals surface area (Å²) in [4.78, 5) is 18.1. The molecule has 158 valence electrons. The smallest absolute Gasteiger partial charge is 0.280 e. The Morgan fingerprint density at radius 2 is 1.65 bits per heavy atom. The average molecular weight is 484 g/mol. The van der Waals surface area contributed by atoms with Crippen LogP contribution in [0.15, 0.2) is 69.9 Å². The number of aromatic nitrogens is 2. The minimum Gasteiger partial charge on any atom is -0.493 e. The molecular formula is C23H19BrFN3O3. The summed E-state index contributed by atoms with van der Waals surface area (Å²) in [5.74, 6) is 0.893. The molecule has 1 aromatic heterocycles. The predicted molar refractivity (Wildman–Crippen MR) is 122 cm³/mol. The van der Waals surface area contributed by atoms with Gasteiger partial charge in [-0.15, -0.1) is 0 Å². The lowest BCUT2D eigenvalue weighted by Crippen LogP contribution is -2.31.